The van der Waals surface area contributed by atoms with Gasteiger partial charge in [-0.3, -0.25) is 4.79 Å². The van der Waals surface area contributed by atoms with Gasteiger partial charge in [0.15, 0.2) is 0 Å². The van der Waals surface area contributed by atoms with Crippen LogP contribution >= 0.6 is 11.3 Å². The van der Waals surface area contributed by atoms with Gasteiger partial charge in [-0.1, -0.05) is 0 Å². The van der Waals surface area contributed by atoms with Crippen LogP contribution in [0.25, 0.3) is 0 Å². The van der Waals surface area contributed by atoms with Crippen LogP contribution in [0.4, 0.5) is 5.69 Å². The van der Waals surface area contributed by atoms with Gasteiger partial charge in [-0.25, -0.2) is 0 Å². The molecule has 19 heavy (non-hydrogen) atoms. The van der Waals surface area contributed by atoms with E-state index in [1.165, 1.54) is 10.4 Å². The van der Waals surface area contributed by atoms with Crippen molar-refractivity contribution in [1.29, 1.82) is 0 Å². The molecule has 2 aromatic rings. The zero-order chi connectivity index (χ0) is 13.8. The lowest BCUT2D eigenvalue weighted by molar-refractivity contribution is 0.0950. The second-order valence-corrected chi connectivity index (χ2v) is 5.49. The van der Waals surface area contributed by atoms with Crippen molar-refractivity contribution in [3.8, 4) is 0 Å². The van der Waals surface area contributed by atoms with E-state index in [1.54, 1.807) is 11.3 Å². The molecule has 2 N–H and O–H groups in total. The molecule has 0 aliphatic carbocycles. The minimum atomic E-state index is -0.0204. The summed E-state index contributed by atoms with van der Waals surface area (Å²) in [4.78, 5) is 13.4. The molecule has 0 bridgehead atoms. The van der Waals surface area contributed by atoms with Crippen LogP contribution < -0.4 is 10.6 Å². The fraction of sp³-hybridized carbons (Fsp3) is 0.267. The molecule has 0 radical (unpaired) electrons. The maximum absolute atomic E-state index is 12.1. The molecule has 1 heterocycles. The Morgan fingerprint density at radius 3 is 2.58 bits per heavy atom. The van der Waals surface area contributed by atoms with Crippen LogP contribution in [-0.2, 0) is 6.54 Å². The Morgan fingerprint density at radius 2 is 2.00 bits per heavy atom. The van der Waals surface area contributed by atoms with Crippen LogP contribution in [0, 0.1) is 13.8 Å². The number of carbonyl (C=O) groups is 1. The largest absolute Gasteiger partial charge is 0.388 e. The average molecular weight is 274 g/mol. The molecule has 0 unspecified atom stereocenters. The van der Waals surface area contributed by atoms with Gasteiger partial charge in [0.25, 0.3) is 5.91 Å². The van der Waals surface area contributed by atoms with Gasteiger partial charge in [-0.05, 0) is 54.6 Å². The number of thiophene rings is 1. The summed E-state index contributed by atoms with van der Waals surface area (Å²) in [5.74, 6) is -0.0204. The van der Waals surface area contributed by atoms with E-state index in [9.17, 15) is 4.79 Å². The number of anilines is 1. The molecule has 1 amide bonds. The molecular weight excluding hydrogens is 256 g/mol. The number of hydrogen-bond donors (Lipinski definition) is 2. The molecule has 0 fully saturated rings. The van der Waals surface area contributed by atoms with E-state index in [-0.39, 0.29) is 5.91 Å². The first-order valence-electron chi connectivity index (χ1n) is 6.21. The Kier molecular flexibility index (Phi) is 4.22. The van der Waals surface area contributed by atoms with Gasteiger partial charge in [0.2, 0.25) is 0 Å². The molecular formula is C15H18N2OS. The molecule has 0 atom stereocenters. The van der Waals surface area contributed by atoms with Gasteiger partial charge in [0.1, 0.15) is 0 Å². The SMILES string of the molecule is CNc1ccc(C(=O)NCc2sccc2C)c(C)c1. The summed E-state index contributed by atoms with van der Waals surface area (Å²) in [7, 11) is 1.87. The Balaban J connectivity index is 2.06. The minimum Gasteiger partial charge on any atom is -0.388 e. The standard InChI is InChI=1S/C15H18N2OS/c1-10-6-7-19-14(10)9-17-15(18)13-5-4-12(16-3)8-11(13)2/h4-8,16H,9H2,1-3H3,(H,17,18). The molecule has 0 aliphatic rings. The van der Waals surface area contributed by atoms with Gasteiger partial charge in [0.05, 0.1) is 6.54 Å². The van der Waals surface area contributed by atoms with E-state index in [0.29, 0.717) is 6.54 Å². The summed E-state index contributed by atoms with van der Waals surface area (Å²) in [6, 6.07) is 7.82. The monoisotopic (exact) mass is 274 g/mol. The maximum Gasteiger partial charge on any atom is 0.251 e. The zero-order valence-electron chi connectivity index (χ0n) is 11.4. The lowest BCUT2D eigenvalue weighted by Crippen LogP contribution is -2.23. The van der Waals surface area contributed by atoms with Crippen molar-refractivity contribution < 1.29 is 4.79 Å². The summed E-state index contributed by atoms with van der Waals surface area (Å²) in [6.07, 6.45) is 0. The molecule has 0 aliphatic heterocycles. The Morgan fingerprint density at radius 1 is 1.21 bits per heavy atom. The van der Waals surface area contributed by atoms with E-state index < -0.39 is 0 Å². The highest BCUT2D eigenvalue weighted by Gasteiger charge is 2.09. The normalized spacial score (nSPS) is 10.3. The average Bonchev–Trinajstić information content (AvgIpc) is 2.81. The number of aryl methyl sites for hydroxylation is 2. The van der Waals surface area contributed by atoms with E-state index in [2.05, 4.69) is 23.6 Å². The van der Waals surface area contributed by atoms with Crippen LogP contribution in [0.5, 0.6) is 0 Å². The number of carbonyl (C=O) groups excluding carboxylic acids is 1. The first-order valence-corrected chi connectivity index (χ1v) is 7.09. The first kappa shape index (κ1) is 13.6. The van der Waals surface area contributed by atoms with Crippen molar-refractivity contribution in [2.45, 2.75) is 20.4 Å². The smallest absolute Gasteiger partial charge is 0.251 e. The molecule has 0 spiro atoms. The number of hydrogen-bond acceptors (Lipinski definition) is 3. The Bertz CT molecular complexity index is 590. The number of rotatable bonds is 4. The molecule has 1 aromatic carbocycles. The highest BCUT2D eigenvalue weighted by molar-refractivity contribution is 7.10. The molecule has 0 saturated carbocycles. The van der Waals surface area contributed by atoms with Crippen LogP contribution in [0.2, 0.25) is 0 Å². The maximum atomic E-state index is 12.1. The van der Waals surface area contributed by atoms with Crippen molar-refractivity contribution >= 4 is 22.9 Å². The predicted octanol–water partition coefficient (Wildman–Crippen LogP) is 3.34. The van der Waals surface area contributed by atoms with Gasteiger partial charge >= 0.3 is 0 Å². The lowest BCUT2D eigenvalue weighted by Gasteiger charge is -2.09. The molecule has 3 nitrogen and oxygen atoms in total. The second kappa shape index (κ2) is 5.89. The fourth-order valence-corrected chi connectivity index (χ4v) is 2.76. The third-order valence-electron chi connectivity index (χ3n) is 3.14. The van der Waals surface area contributed by atoms with E-state index in [1.807, 2.05) is 37.6 Å². The van der Waals surface area contributed by atoms with E-state index in [0.717, 1.165) is 16.8 Å². The van der Waals surface area contributed by atoms with Crippen molar-refractivity contribution in [2.24, 2.45) is 0 Å². The summed E-state index contributed by atoms with van der Waals surface area (Å²) in [5, 5.41) is 8.08. The molecule has 4 heteroatoms. The Hall–Kier alpha value is -1.81. The summed E-state index contributed by atoms with van der Waals surface area (Å²) >= 11 is 1.67. The fourth-order valence-electron chi connectivity index (χ4n) is 1.91. The molecule has 0 saturated heterocycles. The highest BCUT2D eigenvalue weighted by Crippen LogP contribution is 2.17. The molecule has 100 valence electrons. The summed E-state index contributed by atoms with van der Waals surface area (Å²) < 4.78 is 0. The summed E-state index contributed by atoms with van der Waals surface area (Å²) in [5.41, 5.74) is 3.95. The van der Waals surface area contributed by atoms with Crippen LogP contribution in [0.1, 0.15) is 26.4 Å². The molecule has 1 aromatic heterocycles. The van der Waals surface area contributed by atoms with Crippen LogP contribution in [0.15, 0.2) is 29.6 Å². The number of nitrogens with one attached hydrogen (secondary N) is 2. The molecule has 2 rings (SSSR count). The topological polar surface area (TPSA) is 41.1 Å². The predicted molar refractivity (Wildman–Crippen MR) is 81.0 cm³/mol. The number of benzene rings is 1. The Labute approximate surface area is 117 Å². The third kappa shape index (κ3) is 3.15. The van der Waals surface area contributed by atoms with Crippen molar-refractivity contribution in [2.75, 3.05) is 12.4 Å². The van der Waals surface area contributed by atoms with Gasteiger partial charge in [0, 0.05) is 23.2 Å². The second-order valence-electron chi connectivity index (χ2n) is 4.49. The van der Waals surface area contributed by atoms with Gasteiger partial charge in [-0.2, -0.15) is 0 Å². The van der Waals surface area contributed by atoms with Crippen molar-refractivity contribution in [3.63, 3.8) is 0 Å². The zero-order valence-corrected chi connectivity index (χ0v) is 12.2. The van der Waals surface area contributed by atoms with Crippen LogP contribution in [-0.4, -0.2) is 13.0 Å². The first-order chi connectivity index (χ1) is 9.11. The van der Waals surface area contributed by atoms with Crippen molar-refractivity contribution in [3.05, 3.63) is 51.2 Å². The summed E-state index contributed by atoms with van der Waals surface area (Å²) in [6.45, 7) is 4.60. The quantitative estimate of drug-likeness (QED) is 0.898. The number of amides is 1. The van der Waals surface area contributed by atoms with Gasteiger partial charge < -0.3 is 10.6 Å². The van der Waals surface area contributed by atoms with Crippen molar-refractivity contribution in [1.82, 2.24) is 5.32 Å². The third-order valence-corrected chi connectivity index (χ3v) is 4.16. The lowest BCUT2D eigenvalue weighted by atomic mass is 10.1. The van der Waals surface area contributed by atoms with E-state index >= 15 is 0 Å². The van der Waals surface area contributed by atoms with Crippen LogP contribution in [0.3, 0.4) is 0 Å². The highest BCUT2D eigenvalue weighted by atomic mass is 32.1. The van der Waals surface area contributed by atoms with Gasteiger partial charge in [-0.15, -0.1) is 11.3 Å². The van der Waals surface area contributed by atoms with E-state index in [4.69, 9.17) is 0 Å². The minimum absolute atomic E-state index is 0.0204.